The van der Waals surface area contributed by atoms with Gasteiger partial charge in [0.05, 0.1) is 13.2 Å². The SMILES string of the molecule is O=C(CCC1CCCCC1)N1CCOC[C@H]1c1ncn[nH]1. The molecule has 0 unspecified atom stereocenters. The second kappa shape index (κ2) is 7.02. The summed E-state index contributed by atoms with van der Waals surface area (Å²) in [6, 6.07) is -0.111. The summed E-state index contributed by atoms with van der Waals surface area (Å²) in [4.78, 5) is 18.6. The lowest BCUT2D eigenvalue weighted by Crippen LogP contribution is -2.44. The quantitative estimate of drug-likeness (QED) is 0.922. The van der Waals surface area contributed by atoms with Gasteiger partial charge in [0.25, 0.3) is 0 Å². The zero-order valence-electron chi connectivity index (χ0n) is 12.5. The molecule has 0 aromatic carbocycles. The van der Waals surface area contributed by atoms with Crippen LogP contribution in [-0.4, -0.2) is 45.7 Å². The highest BCUT2D eigenvalue weighted by Gasteiger charge is 2.30. The van der Waals surface area contributed by atoms with Gasteiger partial charge in [0.15, 0.2) is 0 Å². The molecule has 1 amide bonds. The highest BCUT2D eigenvalue weighted by molar-refractivity contribution is 5.76. The van der Waals surface area contributed by atoms with E-state index in [-0.39, 0.29) is 11.9 Å². The molecule has 3 rings (SSSR count). The topological polar surface area (TPSA) is 71.1 Å². The minimum absolute atomic E-state index is 0.111. The summed E-state index contributed by atoms with van der Waals surface area (Å²) >= 11 is 0. The van der Waals surface area contributed by atoms with Crippen molar-refractivity contribution in [2.45, 2.75) is 51.0 Å². The number of morpholine rings is 1. The lowest BCUT2D eigenvalue weighted by atomic mass is 9.86. The standard InChI is InChI=1S/C15H24N4O2/c20-14(7-6-12-4-2-1-3-5-12)19-8-9-21-10-13(19)15-16-11-17-18-15/h11-13H,1-10H2,(H,16,17,18)/t13-/m0/s1. The van der Waals surface area contributed by atoms with Crippen molar-refractivity contribution in [2.24, 2.45) is 5.92 Å². The Morgan fingerprint density at radius 2 is 2.24 bits per heavy atom. The molecule has 1 saturated carbocycles. The van der Waals surface area contributed by atoms with Crippen molar-refractivity contribution < 1.29 is 9.53 Å². The fourth-order valence-electron chi connectivity index (χ4n) is 3.45. The summed E-state index contributed by atoms with van der Waals surface area (Å²) in [5.74, 6) is 1.69. The van der Waals surface area contributed by atoms with E-state index in [0.717, 1.165) is 18.2 Å². The lowest BCUT2D eigenvalue weighted by Gasteiger charge is -2.34. The molecule has 21 heavy (non-hydrogen) atoms. The molecule has 1 aromatic rings. The van der Waals surface area contributed by atoms with E-state index in [4.69, 9.17) is 4.74 Å². The number of carbonyl (C=O) groups excluding carboxylic acids is 1. The largest absolute Gasteiger partial charge is 0.377 e. The number of hydrogen-bond donors (Lipinski definition) is 1. The Kier molecular flexibility index (Phi) is 4.85. The van der Waals surface area contributed by atoms with Crippen LogP contribution in [-0.2, 0) is 9.53 Å². The van der Waals surface area contributed by atoms with Crippen molar-refractivity contribution in [2.75, 3.05) is 19.8 Å². The highest BCUT2D eigenvalue weighted by atomic mass is 16.5. The van der Waals surface area contributed by atoms with Crippen molar-refractivity contribution in [1.82, 2.24) is 20.1 Å². The van der Waals surface area contributed by atoms with Gasteiger partial charge >= 0.3 is 0 Å². The van der Waals surface area contributed by atoms with Crippen LogP contribution in [0.2, 0.25) is 0 Å². The zero-order chi connectivity index (χ0) is 14.5. The third-order valence-electron chi connectivity index (χ3n) is 4.69. The molecule has 1 aliphatic heterocycles. The van der Waals surface area contributed by atoms with Gasteiger partial charge in [0.2, 0.25) is 5.91 Å². The lowest BCUT2D eigenvalue weighted by molar-refractivity contribution is -0.140. The molecule has 1 saturated heterocycles. The Bertz CT molecular complexity index is 443. The smallest absolute Gasteiger partial charge is 0.223 e. The van der Waals surface area contributed by atoms with E-state index in [9.17, 15) is 4.79 Å². The number of aromatic nitrogens is 3. The molecule has 2 fully saturated rings. The Morgan fingerprint density at radius 3 is 3.00 bits per heavy atom. The Hall–Kier alpha value is -1.43. The van der Waals surface area contributed by atoms with Gasteiger partial charge in [-0.05, 0) is 12.3 Å². The van der Waals surface area contributed by atoms with Crippen LogP contribution in [0.3, 0.4) is 0 Å². The first-order valence-corrected chi connectivity index (χ1v) is 8.07. The van der Waals surface area contributed by atoms with Gasteiger partial charge < -0.3 is 9.64 Å². The zero-order valence-corrected chi connectivity index (χ0v) is 12.5. The van der Waals surface area contributed by atoms with Crippen LogP contribution in [0.4, 0.5) is 0 Å². The van der Waals surface area contributed by atoms with Crippen LogP contribution in [0.5, 0.6) is 0 Å². The van der Waals surface area contributed by atoms with Gasteiger partial charge in [0.1, 0.15) is 18.2 Å². The number of nitrogens with zero attached hydrogens (tertiary/aromatic N) is 3. The van der Waals surface area contributed by atoms with Gasteiger partial charge in [-0.2, -0.15) is 5.10 Å². The van der Waals surface area contributed by atoms with E-state index in [1.807, 2.05) is 4.90 Å². The van der Waals surface area contributed by atoms with Crippen molar-refractivity contribution in [3.05, 3.63) is 12.2 Å². The maximum atomic E-state index is 12.6. The molecule has 2 aliphatic rings. The minimum atomic E-state index is -0.111. The summed E-state index contributed by atoms with van der Waals surface area (Å²) in [5.41, 5.74) is 0. The molecule has 1 N–H and O–H groups in total. The number of amides is 1. The van der Waals surface area contributed by atoms with Gasteiger partial charge in [0, 0.05) is 13.0 Å². The molecule has 0 bridgehead atoms. The van der Waals surface area contributed by atoms with Crippen LogP contribution >= 0.6 is 0 Å². The first kappa shape index (κ1) is 14.5. The second-order valence-corrected chi connectivity index (χ2v) is 6.09. The van der Waals surface area contributed by atoms with Gasteiger partial charge in [-0.15, -0.1) is 0 Å². The van der Waals surface area contributed by atoms with Crippen LogP contribution in [0, 0.1) is 5.92 Å². The van der Waals surface area contributed by atoms with Gasteiger partial charge in [-0.1, -0.05) is 32.1 Å². The molecule has 6 heteroatoms. The number of rotatable bonds is 4. The maximum absolute atomic E-state index is 12.6. The predicted octanol–water partition coefficient (Wildman–Crippen LogP) is 2.07. The first-order chi connectivity index (χ1) is 10.3. The van der Waals surface area contributed by atoms with Crippen molar-refractivity contribution in [3.8, 4) is 0 Å². The van der Waals surface area contributed by atoms with Crippen LogP contribution in [0.1, 0.15) is 56.8 Å². The normalized spacial score (nSPS) is 24.2. The van der Waals surface area contributed by atoms with Crippen LogP contribution < -0.4 is 0 Å². The van der Waals surface area contributed by atoms with E-state index < -0.39 is 0 Å². The summed E-state index contributed by atoms with van der Waals surface area (Å²) < 4.78 is 5.50. The van der Waals surface area contributed by atoms with Gasteiger partial charge in [-0.3, -0.25) is 9.89 Å². The number of carbonyl (C=O) groups is 1. The average Bonchev–Trinajstić information content (AvgIpc) is 3.08. The van der Waals surface area contributed by atoms with E-state index in [2.05, 4.69) is 15.2 Å². The molecule has 6 nitrogen and oxygen atoms in total. The van der Waals surface area contributed by atoms with E-state index >= 15 is 0 Å². The minimum Gasteiger partial charge on any atom is -0.377 e. The van der Waals surface area contributed by atoms with Crippen LogP contribution in [0.25, 0.3) is 0 Å². The summed E-state index contributed by atoms with van der Waals surface area (Å²) in [6.07, 6.45) is 9.77. The molecule has 116 valence electrons. The van der Waals surface area contributed by atoms with Gasteiger partial charge in [-0.25, -0.2) is 4.98 Å². The summed E-state index contributed by atoms with van der Waals surface area (Å²) in [6.45, 7) is 1.76. The fraction of sp³-hybridized carbons (Fsp3) is 0.800. The number of ether oxygens (including phenoxy) is 1. The fourth-order valence-corrected chi connectivity index (χ4v) is 3.45. The molecule has 2 heterocycles. The summed E-state index contributed by atoms with van der Waals surface area (Å²) in [7, 11) is 0. The second-order valence-electron chi connectivity index (χ2n) is 6.09. The van der Waals surface area contributed by atoms with Crippen molar-refractivity contribution in [3.63, 3.8) is 0 Å². The Balaban J connectivity index is 1.56. The van der Waals surface area contributed by atoms with Crippen LogP contribution in [0.15, 0.2) is 6.33 Å². The van der Waals surface area contributed by atoms with Crippen molar-refractivity contribution >= 4 is 5.91 Å². The van der Waals surface area contributed by atoms with Crippen molar-refractivity contribution in [1.29, 1.82) is 0 Å². The molecular weight excluding hydrogens is 268 g/mol. The molecule has 1 aromatic heterocycles. The molecular formula is C15H24N4O2. The maximum Gasteiger partial charge on any atom is 0.223 e. The molecule has 1 aliphatic carbocycles. The molecule has 1 atom stereocenters. The monoisotopic (exact) mass is 292 g/mol. The Morgan fingerprint density at radius 1 is 1.38 bits per heavy atom. The number of H-pyrrole nitrogens is 1. The first-order valence-electron chi connectivity index (χ1n) is 8.07. The third-order valence-corrected chi connectivity index (χ3v) is 4.69. The predicted molar refractivity (Wildman–Crippen MR) is 77.5 cm³/mol. The van der Waals surface area contributed by atoms with E-state index in [1.165, 1.54) is 38.4 Å². The third kappa shape index (κ3) is 3.61. The van der Waals surface area contributed by atoms with E-state index in [1.54, 1.807) is 0 Å². The van der Waals surface area contributed by atoms with E-state index in [0.29, 0.717) is 26.2 Å². The molecule has 0 spiro atoms. The highest BCUT2D eigenvalue weighted by Crippen LogP contribution is 2.28. The number of hydrogen-bond acceptors (Lipinski definition) is 4. The number of aromatic amines is 1. The Labute approximate surface area is 125 Å². The number of nitrogens with one attached hydrogen (secondary N) is 1. The average molecular weight is 292 g/mol. The molecule has 0 radical (unpaired) electrons. The summed E-state index contributed by atoms with van der Waals surface area (Å²) in [5, 5.41) is 6.74.